The molecule has 0 aromatic rings. The van der Waals surface area contributed by atoms with Crippen molar-refractivity contribution in [1.29, 1.82) is 0 Å². The van der Waals surface area contributed by atoms with Gasteiger partial charge in [0.15, 0.2) is 18.5 Å². The van der Waals surface area contributed by atoms with Crippen LogP contribution in [0.3, 0.4) is 0 Å². The standard InChI is InChI=1S/C15H19IO8/c1-5-6-20-15-12(16)14(23-10(4)19)13(22-9(3)18)11(24-15)7-21-8(2)17/h1,11-15H,6-7H2,2-4H3/t11-,12+,13+,14-,15+/m1/s1. The van der Waals surface area contributed by atoms with Crippen molar-refractivity contribution in [3.63, 3.8) is 0 Å². The van der Waals surface area contributed by atoms with Crippen molar-refractivity contribution in [3.8, 4) is 12.3 Å². The maximum atomic E-state index is 11.4. The largest absolute Gasteiger partial charge is 0.463 e. The van der Waals surface area contributed by atoms with Gasteiger partial charge in [0.05, 0.1) is 0 Å². The molecule has 8 nitrogen and oxygen atoms in total. The fourth-order valence-electron chi connectivity index (χ4n) is 2.13. The molecule has 1 saturated heterocycles. The lowest BCUT2D eigenvalue weighted by Crippen LogP contribution is -2.60. The van der Waals surface area contributed by atoms with Crippen LogP contribution in [0.2, 0.25) is 0 Å². The molecule has 0 aliphatic carbocycles. The SMILES string of the molecule is C#CCO[C@H]1O[C@H](COC(C)=O)[C@H](OC(C)=O)[C@H](OC(C)=O)[C@@H]1I. The van der Waals surface area contributed by atoms with Crippen LogP contribution in [-0.4, -0.2) is 59.6 Å². The van der Waals surface area contributed by atoms with E-state index in [9.17, 15) is 14.4 Å². The minimum atomic E-state index is -0.946. The normalized spacial score (nSPS) is 29.2. The Bertz CT molecular complexity index is 514. The van der Waals surface area contributed by atoms with Gasteiger partial charge >= 0.3 is 17.9 Å². The van der Waals surface area contributed by atoms with Gasteiger partial charge in [-0.05, 0) is 0 Å². The minimum absolute atomic E-state index is 0.0184. The molecule has 0 bridgehead atoms. The van der Waals surface area contributed by atoms with Crippen LogP contribution >= 0.6 is 22.6 Å². The summed E-state index contributed by atoms with van der Waals surface area (Å²) in [6, 6.07) is 0. The fourth-order valence-corrected chi connectivity index (χ4v) is 3.06. The molecule has 0 spiro atoms. The number of carbonyl (C=O) groups is 3. The van der Waals surface area contributed by atoms with Gasteiger partial charge in [0.1, 0.15) is 23.2 Å². The quantitative estimate of drug-likeness (QED) is 0.189. The van der Waals surface area contributed by atoms with Gasteiger partial charge in [0.2, 0.25) is 0 Å². The molecule has 9 heteroatoms. The predicted molar refractivity (Wildman–Crippen MR) is 89.0 cm³/mol. The number of rotatable bonds is 6. The zero-order valence-electron chi connectivity index (χ0n) is 13.5. The number of halogens is 1. The summed E-state index contributed by atoms with van der Waals surface area (Å²) in [5.74, 6) is 0.653. The van der Waals surface area contributed by atoms with Crippen molar-refractivity contribution >= 4 is 40.5 Å². The number of alkyl halides is 1. The zero-order chi connectivity index (χ0) is 18.3. The Morgan fingerprint density at radius 2 is 1.67 bits per heavy atom. The van der Waals surface area contributed by atoms with Gasteiger partial charge < -0.3 is 23.7 Å². The van der Waals surface area contributed by atoms with Crippen molar-refractivity contribution in [2.75, 3.05) is 13.2 Å². The second-order valence-corrected chi connectivity index (χ2v) is 6.39. The highest BCUT2D eigenvalue weighted by Crippen LogP contribution is 2.32. The van der Waals surface area contributed by atoms with E-state index in [0.29, 0.717) is 0 Å². The van der Waals surface area contributed by atoms with Crippen molar-refractivity contribution < 1.29 is 38.1 Å². The molecule has 1 rings (SSSR count). The summed E-state index contributed by atoms with van der Waals surface area (Å²) in [5.41, 5.74) is 0. The average molecular weight is 454 g/mol. The molecular weight excluding hydrogens is 435 g/mol. The van der Waals surface area contributed by atoms with Crippen molar-refractivity contribution in [3.05, 3.63) is 0 Å². The maximum Gasteiger partial charge on any atom is 0.303 e. The van der Waals surface area contributed by atoms with Crippen LogP contribution in [0.25, 0.3) is 0 Å². The molecule has 0 aromatic carbocycles. The second-order valence-electron chi connectivity index (χ2n) is 4.95. The smallest absolute Gasteiger partial charge is 0.303 e. The van der Waals surface area contributed by atoms with Crippen LogP contribution in [-0.2, 0) is 38.1 Å². The summed E-state index contributed by atoms with van der Waals surface area (Å²) in [7, 11) is 0. The van der Waals surface area contributed by atoms with E-state index in [0.717, 1.165) is 0 Å². The van der Waals surface area contributed by atoms with E-state index in [4.69, 9.17) is 30.1 Å². The Labute approximate surface area is 153 Å². The Kier molecular flexibility index (Phi) is 8.44. The van der Waals surface area contributed by atoms with E-state index in [1.54, 1.807) is 0 Å². The molecule has 1 heterocycles. The summed E-state index contributed by atoms with van der Waals surface area (Å²) in [4.78, 5) is 33.9. The third-order valence-corrected chi connectivity index (χ3v) is 4.25. The summed E-state index contributed by atoms with van der Waals surface area (Å²) in [6.07, 6.45) is 1.70. The van der Waals surface area contributed by atoms with Crippen LogP contribution in [0.5, 0.6) is 0 Å². The summed E-state index contributed by atoms with van der Waals surface area (Å²) in [5, 5.41) is 0. The van der Waals surface area contributed by atoms with Crippen LogP contribution in [0.15, 0.2) is 0 Å². The number of carbonyl (C=O) groups excluding carboxylic acids is 3. The molecule has 134 valence electrons. The molecule has 0 amide bonds. The third kappa shape index (κ3) is 6.26. The van der Waals surface area contributed by atoms with Crippen LogP contribution < -0.4 is 0 Å². The highest BCUT2D eigenvalue weighted by Gasteiger charge is 2.49. The number of hydrogen-bond donors (Lipinski definition) is 0. The van der Waals surface area contributed by atoms with Gasteiger partial charge in [-0.2, -0.15) is 0 Å². The molecule has 1 aliphatic rings. The van der Waals surface area contributed by atoms with Gasteiger partial charge in [0.25, 0.3) is 0 Å². The molecule has 0 aromatic heterocycles. The zero-order valence-corrected chi connectivity index (χ0v) is 15.7. The maximum absolute atomic E-state index is 11.4. The van der Waals surface area contributed by atoms with E-state index < -0.39 is 46.4 Å². The monoisotopic (exact) mass is 454 g/mol. The lowest BCUT2D eigenvalue weighted by molar-refractivity contribution is -0.257. The molecule has 5 atom stereocenters. The van der Waals surface area contributed by atoms with Gasteiger partial charge in [0, 0.05) is 20.8 Å². The fraction of sp³-hybridized carbons (Fsp3) is 0.667. The molecular formula is C15H19IO8. The second kappa shape index (κ2) is 9.80. The number of ether oxygens (including phenoxy) is 5. The summed E-state index contributed by atoms with van der Waals surface area (Å²) >= 11 is 1.97. The molecule has 0 radical (unpaired) electrons. The first-order chi connectivity index (χ1) is 11.3. The summed E-state index contributed by atoms with van der Waals surface area (Å²) in [6.45, 7) is 3.49. The lowest BCUT2D eigenvalue weighted by atomic mass is 10.0. The van der Waals surface area contributed by atoms with Crippen LogP contribution in [0.4, 0.5) is 0 Å². The minimum Gasteiger partial charge on any atom is -0.463 e. The third-order valence-electron chi connectivity index (χ3n) is 2.96. The lowest BCUT2D eigenvalue weighted by Gasteiger charge is -2.42. The molecule has 0 saturated carbocycles. The van der Waals surface area contributed by atoms with Crippen LogP contribution in [0, 0.1) is 12.3 Å². The number of terminal acetylenes is 1. The molecule has 24 heavy (non-hydrogen) atoms. The Morgan fingerprint density at radius 1 is 1.08 bits per heavy atom. The number of hydrogen-bond acceptors (Lipinski definition) is 8. The average Bonchev–Trinajstić information content (AvgIpc) is 2.48. The molecule has 1 aliphatic heterocycles. The number of esters is 3. The Hall–Kier alpha value is -1.38. The Balaban J connectivity index is 3.04. The van der Waals surface area contributed by atoms with Gasteiger partial charge in [-0.25, -0.2) is 0 Å². The van der Waals surface area contributed by atoms with E-state index in [1.165, 1.54) is 20.8 Å². The van der Waals surface area contributed by atoms with Crippen molar-refractivity contribution in [1.82, 2.24) is 0 Å². The first kappa shape index (κ1) is 20.7. The first-order valence-electron chi connectivity index (χ1n) is 7.08. The Morgan fingerprint density at radius 3 is 2.17 bits per heavy atom. The van der Waals surface area contributed by atoms with E-state index in [-0.39, 0.29) is 13.2 Å². The highest BCUT2D eigenvalue weighted by atomic mass is 127. The van der Waals surface area contributed by atoms with E-state index in [1.807, 2.05) is 22.6 Å². The van der Waals surface area contributed by atoms with Crippen molar-refractivity contribution in [2.45, 2.75) is 49.3 Å². The first-order valence-corrected chi connectivity index (χ1v) is 8.33. The highest BCUT2D eigenvalue weighted by molar-refractivity contribution is 14.1. The predicted octanol–water partition coefficient (Wildman–Crippen LogP) is 0.591. The van der Waals surface area contributed by atoms with Gasteiger partial charge in [-0.3, -0.25) is 14.4 Å². The molecule has 0 N–H and O–H groups in total. The summed E-state index contributed by atoms with van der Waals surface area (Å²) < 4.78 is 26.1. The topological polar surface area (TPSA) is 97.4 Å². The van der Waals surface area contributed by atoms with Gasteiger partial charge in [-0.1, -0.05) is 28.5 Å². The van der Waals surface area contributed by atoms with Crippen molar-refractivity contribution in [2.24, 2.45) is 0 Å². The van der Waals surface area contributed by atoms with E-state index in [2.05, 4.69) is 5.92 Å². The van der Waals surface area contributed by atoms with Crippen LogP contribution in [0.1, 0.15) is 20.8 Å². The van der Waals surface area contributed by atoms with E-state index >= 15 is 0 Å². The molecule has 0 unspecified atom stereocenters. The molecule has 1 fully saturated rings. The van der Waals surface area contributed by atoms with Gasteiger partial charge in [-0.15, -0.1) is 6.42 Å².